The topological polar surface area (TPSA) is 3.24 Å². The van der Waals surface area contributed by atoms with Crippen LogP contribution in [0.25, 0.3) is 0 Å². The Hall–Kier alpha value is -2.54. The van der Waals surface area contributed by atoms with Crippen LogP contribution < -0.4 is 4.90 Å². The van der Waals surface area contributed by atoms with Crippen molar-refractivity contribution in [2.75, 3.05) is 4.90 Å². The van der Waals surface area contributed by atoms with Gasteiger partial charge in [0.05, 0.1) is 0 Å². The molecule has 0 N–H and O–H groups in total. The van der Waals surface area contributed by atoms with E-state index in [2.05, 4.69) is 105 Å². The van der Waals surface area contributed by atoms with Crippen LogP contribution >= 0.6 is 0 Å². The molecule has 0 saturated heterocycles. The van der Waals surface area contributed by atoms with Gasteiger partial charge in [-0.15, -0.1) is 0 Å². The zero-order valence-electron chi connectivity index (χ0n) is 18.3. The van der Waals surface area contributed by atoms with E-state index in [1.165, 1.54) is 66.7 Å². The molecule has 0 aromatic heterocycles. The molecule has 152 valence electrons. The van der Waals surface area contributed by atoms with Crippen molar-refractivity contribution in [3.8, 4) is 0 Å². The van der Waals surface area contributed by atoms with Crippen molar-refractivity contribution in [1.29, 1.82) is 0 Å². The van der Waals surface area contributed by atoms with Gasteiger partial charge in [0.15, 0.2) is 0 Å². The maximum absolute atomic E-state index is 2.34. The smallest absolute Gasteiger partial charge is 0.0461 e. The molecule has 0 spiro atoms. The van der Waals surface area contributed by atoms with E-state index >= 15 is 0 Å². The number of rotatable bonds is 10. The van der Waals surface area contributed by atoms with E-state index in [-0.39, 0.29) is 0 Å². The summed E-state index contributed by atoms with van der Waals surface area (Å²) < 4.78 is 0. The van der Waals surface area contributed by atoms with Gasteiger partial charge in [0, 0.05) is 17.1 Å². The summed E-state index contributed by atoms with van der Waals surface area (Å²) in [6, 6.07) is 28.6. The molecule has 29 heavy (non-hydrogen) atoms. The molecule has 0 fully saturated rings. The average molecular weight is 386 g/mol. The second kappa shape index (κ2) is 10.9. The van der Waals surface area contributed by atoms with Gasteiger partial charge in [0.25, 0.3) is 0 Å². The van der Waals surface area contributed by atoms with Gasteiger partial charge in [-0.1, -0.05) is 87.6 Å². The van der Waals surface area contributed by atoms with Crippen molar-refractivity contribution >= 4 is 17.1 Å². The highest BCUT2D eigenvalue weighted by Crippen LogP contribution is 2.34. The van der Waals surface area contributed by atoms with E-state index in [4.69, 9.17) is 0 Å². The predicted molar refractivity (Wildman–Crippen MR) is 127 cm³/mol. The van der Waals surface area contributed by atoms with Gasteiger partial charge in [0.1, 0.15) is 0 Å². The third-order valence-corrected chi connectivity index (χ3v) is 5.89. The quantitative estimate of drug-likeness (QED) is 0.337. The van der Waals surface area contributed by atoms with Crippen molar-refractivity contribution < 1.29 is 0 Å². The van der Waals surface area contributed by atoms with Crippen LogP contribution in [0.5, 0.6) is 0 Å². The first-order valence-electron chi connectivity index (χ1n) is 11.2. The summed E-state index contributed by atoms with van der Waals surface area (Å²) in [4.78, 5) is 2.33. The number of para-hydroxylation sites is 1. The lowest BCUT2D eigenvalue weighted by Gasteiger charge is -2.25. The molecule has 1 heteroatoms. The molecular formula is C28H35N. The Kier molecular flexibility index (Phi) is 7.93. The fourth-order valence-corrected chi connectivity index (χ4v) is 3.95. The van der Waals surface area contributed by atoms with Crippen LogP contribution in [-0.2, 0) is 6.42 Å². The molecule has 3 aromatic rings. The SMILES string of the molecule is CCCCC(CC)CCc1ccc(N(c2ccccc2)c2ccc(C)cc2)cc1. The van der Waals surface area contributed by atoms with Crippen molar-refractivity contribution in [2.24, 2.45) is 5.92 Å². The summed E-state index contributed by atoms with van der Waals surface area (Å²) in [5, 5.41) is 0. The summed E-state index contributed by atoms with van der Waals surface area (Å²) in [7, 11) is 0. The molecule has 0 aliphatic carbocycles. The van der Waals surface area contributed by atoms with Crippen LogP contribution in [0.1, 0.15) is 57.1 Å². The van der Waals surface area contributed by atoms with Crippen LogP contribution in [0.2, 0.25) is 0 Å². The van der Waals surface area contributed by atoms with Crippen molar-refractivity contribution in [3.63, 3.8) is 0 Å². The first kappa shape index (κ1) is 21.2. The number of benzene rings is 3. The minimum Gasteiger partial charge on any atom is -0.311 e. The van der Waals surface area contributed by atoms with E-state index in [0.29, 0.717) is 0 Å². The fraction of sp³-hybridized carbons (Fsp3) is 0.357. The van der Waals surface area contributed by atoms with E-state index in [9.17, 15) is 0 Å². The maximum Gasteiger partial charge on any atom is 0.0461 e. The van der Waals surface area contributed by atoms with Crippen LogP contribution in [0.15, 0.2) is 78.9 Å². The Morgan fingerprint density at radius 1 is 0.690 bits per heavy atom. The summed E-state index contributed by atoms with van der Waals surface area (Å²) in [5.41, 5.74) is 6.32. The minimum atomic E-state index is 0.864. The molecule has 0 amide bonds. The van der Waals surface area contributed by atoms with Gasteiger partial charge >= 0.3 is 0 Å². The van der Waals surface area contributed by atoms with Gasteiger partial charge < -0.3 is 4.90 Å². The monoisotopic (exact) mass is 385 g/mol. The summed E-state index contributed by atoms with van der Waals surface area (Å²) >= 11 is 0. The number of hydrogen-bond acceptors (Lipinski definition) is 1. The third kappa shape index (κ3) is 5.97. The molecule has 3 aromatic carbocycles. The average Bonchev–Trinajstić information content (AvgIpc) is 2.77. The zero-order valence-corrected chi connectivity index (χ0v) is 18.3. The van der Waals surface area contributed by atoms with Crippen molar-refractivity contribution in [1.82, 2.24) is 0 Å². The third-order valence-electron chi connectivity index (χ3n) is 5.89. The van der Waals surface area contributed by atoms with Crippen LogP contribution in [0, 0.1) is 12.8 Å². The minimum absolute atomic E-state index is 0.864. The molecule has 0 saturated carbocycles. The van der Waals surface area contributed by atoms with Crippen molar-refractivity contribution in [2.45, 2.75) is 59.3 Å². The highest BCUT2D eigenvalue weighted by atomic mass is 15.1. The number of aryl methyl sites for hydroxylation is 2. The van der Waals surface area contributed by atoms with E-state index < -0.39 is 0 Å². The van der Waals surface area contributed by atoms with Gasteiger partial charge in [-0.2, -0.15) is 0 Å². The second-order valence-corrected chi connectivity index (χ2v) is 8.13. The van der Waals surface area contributed by atoms with Gasteiger partial charge in [-0.25, -0.2) is 0 Å². The Balaban J connectivity index is 1.78. The lowest BCUT2D eigenvalue weighted by Crippen LogP contribution is -2.10. The van der Waals surface area contributed by atoms with Crippen LogP contribution in [0.4, 0.5) is 17.1 Å². The number of hydrogen-bond donors (Lipinski definition) is 0. The number of anilines is 3. The molecule has 1 nitrogen and oxygen atoms in total. The van der Waals surface area contributed by atoms with E-state index in [1.54, 1.807) is 0 Å². The molecule has 1 atom stereocenters. The molecule has 0 radical (unpaired) electrons. The summed E-state index contributed by atoms with van der Waals surface area (Å²) in [6.07, 6.45) is 7.82. The largest absolute Gasteiger partial charge is 0.311 e. The zero-order chi connectivity index (χ0) is 20.5. The molecule has 0 aliphatic heterocycles. The standard InChI is InChI=1S/C28H35N/c1-4-6-10-24(5-2)15-16-25-17-21-28(22-18-25)29(26-11-8-7-9-12-26)27-19-13-23(3)14-20-27/h7-9,11-14,17-22,24H,4-6,10,15-16H2,1-3H3. The van der Waals surface area contributed by atoms with Crippen LogP contribution in [-0.4, -0.2) is 0 Å². The molecule has 0 heterocycles. The molecular weight excluding hydrogens is 350 g/mol. The van der Waals surface area contributed by atoms with Crippen LogP contribution in [0.3, 0.4) is 0 Å². The molecule has 3 rings (SSSR count). The normalized spacial score (nSPS) is 12.0. The van der Waals surface area contributed by atoms with Crippen molar-refractivity contribution in [3.05, 3.63) is 90.0 Å². The number of nitrogens with zero attached hydrogens (tertiary/aromatic N) is 1. The first-order chi connectivity index (χ1) is 14.2. The molecule has 0 bridgehead atoms. The maximum atomic E-state index is 2.34. The Bertz CT molecular complexity index is 834. The Morgan fingerprint density at radius 2 is 1.28 bits per heavy atom. The van der Waals surface area contributed by atoms with E-state index in [0.717, 1.165) is 5.92 Å². The second-order valence-electron chi connectivity index (χ2n) is 8.13. The lowest BCUT2D eigenvalue weighted by molar-refractivity contribution is 0.422. The lowest BCUT2D eigenvalue weighted by atomic mass is 9.92. The first-order valence-corrected chi connectivity index (χ1v) is 11.2. The summed E-state index contributed by atoms with van der Waals surface area (Å²) in [6.45, 7) is 6.76. The van der Waals surface area contributed by atoms with E-state index in [1.807, 2.05) is 0 Å². The highest BCUT2D eigenvalue weighted by molar-refractivity contribution is 5.76. The number of unbranched alkanes of at least 4 members (excludes halogenated alkanes) is 1. The molecule has 0 aliphatic rings. The van der Waals surface area contributed by atoms with Gasteiger partial charge in [0.2, 0.25) is 0 Å². The highest BCUT2D eigenvalue weighted by Gasteiger charge is 2.12. The Labute approximate surface area is 177 Å². The fourth-order valence-electron chi connectivity index (χ4n) is 3.95. The summed E-state index contributed by atoms with van der Waals surface area (Å²) in [5.74, 6) is 0.864. The van der Waals surface area contributed by atoms with Gasteiger partial charge in [-0.3, -0.25) is 0 Å². The predicted octanol–water partition coefficient (Wildman–Crippen LogP) is 8.61. The Morgan fingerprint density at radius 3 is 1.86 bits per heavy atom. The van der Waals surface area contributed by atoms with Gasteiger partial charge in [-0.05, 0) is 67.6 Å². The molecule has 1 unspecified atom stereocenters.